The topological polar surface area (TPSA) is 85.7 Å². The van der Waals surface area contributed by atoms with Gasteiger partial charge in [-0.3, -0.25) is 10.00 Å². The van der Waals surface area contributed by atoms with E-state index in [-0.39, 0.29) is 12.3 Å². The molecule has 3 rings (SSSR count). The predicted molar refractivity (Wildman–Crippen MR) is 122 cm³/mol. The van der Waals surface area contributed by atoms with Gasteiger partial charge in [-0.25, -0.2) is 9.59 Å². The minimum atomic E-state index is -0.552. The number of carbonyl (C=O) groups is 2. The van der Waals surface area contributed by atoms with Gasteiger partial charge in [0.2, 0.25) is 0 Å². The fourth-order valence-electron chi connectivity index (χ4n) is 4.10. The first kappa shape index (κ1) is 23.5. The van der Waals surface area contributed by atoms with Gasteiger partial charge < -0.3 is 14.4 Å². The van der Waals surface area contributed by atoms with Crippen LogP contribution in [0.5, 0.6) is 0 Å². The third-order valence-electron chi connectivity index (χ3n) is 5.62. The molecule has 1 saturated heterocycles. The predicted octanol–water partition coefficient (Wildman–Crippen LogP) is 4.48. The first-order chi connectivity index (χ1) is 14.5. The van der Waals surface area contributed by atoms with Crippen molar-refractivity contribution < 1.29 is 19.1 Å². The number of hydrogen-bond acceptors (Lipinski definition) is 6. The molecule has 9 heteroatoms. The van der Waals surface area contributed by atoms with Crippen LogP contribution in [-0.2, 0) is 9.47 Å². The van der Waals surface area contributed by atoms with Crippen molar-refractivity contribution in [3.63, 3.8) is 0 Å². The molecule has 0 spiro atoms. The Labute approximate surface area is 191 Å². The molecular weight excluding hydrogens is 464 g/mol. The lowest BCUT2D eigenvalue weighted by Gasteiger charge is -2.46. The normalized spacial score (nSPS) is 21.7. The molecule has 0 radical (unpaired) electrons. The van der Waals surface area contributed by atoms with Crippen LogP contribution in [0.4, 0.5) is 4.79 Å². The highest BCUT2D eigenvalue weighted by Gasteiger charge is 2.41. The van der Waals surface area contributed by atoms with Gasteiger partial charge in [0.15, 0.2) is 0 Å². The molecule has 170 valence electrons. The summed E-state index contributed by atoms with van der Waals surface area (Å²) in [6.07, 6.45) is 2.92. The zero-order valence-corrected chi connectivity index (χ0v) is 20.6. The summed E-state index contributed by atoms with van der Waals surface area (Å²) in [5.41, 5.74) is 0.0496. The number of esters is 1. The maximum atomic E-state index is 12.9. The van der Waals surface area contributed by atoms with Crippen molar-refractivity contribution in [1.82, 2.24) is 20.0 Å². The Balaban J connectivity index is 1.92. The highest BCUT2D eigenvalue weighted by Crippen LogP contribution is 2.35. The van der Waals surface area contributed by atoms with E-state index in [0.717, 1.165) is 22.8 Å². The minimum Gasteiger partial charge on any atom is -0.465 e. The number of nitrogens with one attached hydrogen (secondary N) is 1. The van der Waals surface area contributed by atoms with Crippen LogP contribution < -0.4 is 5.32 Å². The number of halogens is 1. The van der Waals surface area contributed by atoms with Gasteiger partial charge in [0.25, 0.3) is 0 Å². The van der Waals surface area contributed by atoms with Crippen LogP contribution in [0.15, 0.2) is 22.8 Å². The number of benzene rings is 1. The van der Waals surface area contributed by atoms with Gasteiger partial charge in [0, 0.05) is 34.6 Å². The largest absolute Gasteiger partial charge is 0.465 e. The van der Waals surface area contributed by atoms with E-state index < -0.39 is 17.1 Å². The van der Waals surface area contributed by atoms with Gasteiger partial charge in [0.05, 0.1) is 12.7 Å². The highest BCUT2D eigenvalue weighted by molar-refractivity contribution is 9.10. The number of nitrogens with zero attached hydrogens (tertiary/aromatic N) is 3. The van der Waals surface area contributed by atoms with Gasteiger partial charge in [-0.15, -0.1) is 0 Å². The molecular formula is C22H31BrN4O4. The molecule has 0 saturated carbocycles. The van der Waals surface area contributed by atoms with Crippen molar-refractivity contribution >= 4 is 38.9 Å². The van der Waals surface area contributed by atoms with Crippen LogP contribution >= 0.6 is 15.9 Å². The standard InChI is InChI=1S/C22H31BrN4O4/c1-7-26(20(29)31-21(2,3)4)22(5)10-11-24-17(12-22)27-13-15-16(23)9-8-14(18(15)25-27)19(28)30-6/h8-9,13,17,24H,7,10-12H2,1-6H3. The van der Waals surface area contributed by atoms with E-state index in [0.29, 0.717) is 24.0 Å². The third kappa shape index (κ3) is 4.87. The van der Waals surface area contributed by atoms with Gasteiger partial charge >= 0.3 is 12.1 Å². The molecule has 1 N–H and O–H groups in total. The second kappa shape index (κ2) is 8.78. The summed E-state index contributed by atoms with van der Waals surface area (Å²) in [5, 5.41) is 9.03. The second-order valence-corrected chi connectivity index (χ2v) is 9.96. The van der Waals surface area contributed by atoms with Crippen LogP contribution in [0.2, 0.25) is 0 Å². The molecule has 2 atom stereocenters. The number of fused-ring (bicyclic) bond motifs is 1. The maximum absolute atomic E-state index is 12.9. The van der Waals surface area contributed by atoms with E-state index in [1.54, 1.807) is 6.07 Å². The van der Waals surface area contributed by atoms with Gasteiger partial charge in [0.1, 0.15) is 17.3 Å². The second-order valence-electron chi connectivity index (χ2n) is 9.10. The highest BCUT2D eigenvalue weighted by atomic mass is 79.9. The first-order valence-electron chi connectivity index (χ1n) is 10.5. The quantitative estimate of drug-likeness (QED) is 0.630. The van der Waals surface area contributed by atoms with E-state index in [1.807, 2.05) is 49.5 Å². The van der Waals surface area contributed by atoms with Crippen molar-refractivity contribution in [2.45, 2.75) is 64.8 Å². The number of hydrogen-bond donors (Lipinski definition) is 1. The number of piperidine rings is 1. The van der Waals surface area contributed by atoms with E-state index in [1.165, 1.54) is 7.11 Å². The number of amides is 1. The average Bonchev–Trinajstić information content (AvgIpc) is 3.13. The van der Waals surface area contributed by atoms with Crippen LogP contribution in [0.3, 0.4) is 0 Å². The van der Waals surface area contributed by atoms with Crippen molar-refractivity contribution in [2.24, 2.45) is 0 Å². The molecule has 1 aliphatic rings. The summed E-state index contributed by atoms with van der Waals surface area (Å²) < 4.78 is 13.2. The maximum Gasteiger partial charge on any atom is 0.410 e. The van der Waals surface area contributed by atoms with E-state index in [9.17, 15) is 9.59 Å². The van der Waals surface area contributed by atoms with Gasteiger partial charge in [-0.1, -0.05) is 15.9 Å². The fraction of sp³-hybridized carbons (Fsp3) is 0.591. The molecule has 8 nitrogen and oxygen atoms in total. The zero-order chi connectivity index (χ0) is 23.0. The Morgan fingerprint density at radius 2 is 2.10 bits per heavy atom. The molecule has 0 bridgehead atoms. The Bertz CT molecular complexity index is 984. The average molecular weight is 495 g/mol. The molecule has 2 heterocycles. The summed E-state index contributed by atoms with van der Waals surface area (Å²) in [5.74, 6) is -0.425. The zero-order valence-electron chi connectivity index (χ0n) is 19.0. The summed E-state index contributed by atoms with van der Waals surface area (Å²) in [7, 11) is 1.36. The van der Waals surface area contributed by atoms with Crippen LogP contribution in [0.25, 0.3) is 10.9 Å². The Morgan fingerprint density at radius 3 is 2.71 bits per heavy atom. The lowest BCUT2D eigenvalue weighted by molar-refractivity contribution is -0.0131. The molecule has 0 aliphatic carbocycles. The minimum absolute atomic E-state index is 0.139. The first-order valence-corrected chi connectivity index (χ1v) is 11.3. The van der Waals surface area contributed by atoms with Gasteiger partial charge in [-0.05, 0) is 59.7 Å². The third-order valence-corrected chi connectivity index (χ3v) is 6.32. The van der Waals surface area contributed by atoms with Crippen molar-refractivity contribution in [3.8, 4) is 0 Å². The number of methoxy groups -OCH3 is 1. The molecule has 1 amide bonds. The molecule has 31 heavy (non-hydrogen) atoms. The SMILES string of the molecule is CCN(C(=O)OC(C)(C)C)C1(C)CCNC(n2cc3c(Br)ccc(C(=O)OC)c3n2)C1. The Kier molecular flexibility index (Phi) is 6.67. The van der Waals surface area contributed by atoms with Crippen LogP contribution in [0.1, 0.15) is 64.0 Å². The number of rotatable bonds is 4. The summed E-state index contributed by atoms with van der Waals surface area (Å²) in [6, 6.07) is 3.52. The van der Waals surface area contributed by atoms with Crippen molar-refractivity contribution in [2.75, 3.05) is 20.2 Å². The number of aromatic nitrogens is 2. The summed E-state index contributed by atoms with van der Waals surface area (Å²) >= 11 is 3.55. The lowest BCUT2D eigenvalue weighted by atomic mass is 9.87. The molecule has 1 aromatic heterocycles. The van der Waals surface area contributed by atoms with Crippen LogP contribution in [-0.4, -0.2) is 58.1 Å². The van der Waals surface area contributed by atoms with Crippen molar-refractivity contribution in [3.05, 3.63) is 28.4 Å². The fourth-order valence-corrected chi connectivity index (χ4v) is 4.53. The molecule has 1 aromatic carbocycles. The van der Waals surface area contributed by atoms with Crippen molar-refractivity contribution in [1.29, 1.82) is 0 Å². The molecule has 2 unspecified atom stereocenters. The monoisotopic (exact) mass is 494 g/mol. The lowest BCUT2D eigenvalue weighted by Crippen LogP contribution is -2.57. The number of carbonyl (C=O) groups excluding carboxylic acids is 2. The summed E-state index contributed by atoms with van der Waals surface area (Å²) in [4.78, 5) is 26.9. The molecule has 1 fully saturated rings. The Hall–Kier alpha value is -2.13. The summed E-state index contributed by atoms with van der Waals surface area (Å²) in [6.45, 7) is 11.0. The van der Waals surface area contributed by atoms with E-state index in [2.05, 4.69) is 28.2 Å². The Morgan fingerprint density at radius 1 is 1.39 bits per heavy atom. The molecule has 1 aliphatic heterocycles. The smallest absolute Gasteiger partial charge is 0.410 e. The van der Waals surface area contributed by atoms with Crippen LogP contribution in [0, 0.1) is 0 Å². The molecule has 2 aromatic rings. The van der Waals surface area contributed by atoms with E-state index in [4.69, 9.17) is 14.6 Å². The van der Waals surface area contributed by atoms with Gasteiger partial charge in [-0.2, -0.15) is 5.10 Å². The number of ether oxygens (including phenoxy) is 2. The van der Waals surface area contributed by atoms with E-state index >= 15 is 0 Å².